The summed E-state index contributed by atoms with van der Waals surface area (Å²) in [7, 11) is 1.95. The molecule has 1 heterocycles. The molecular weight excluding hydrogens is 672 g/mol. The zero-order chi connectivity index (χ0) is 23.2. The Morgan fingerprint density at radius 3 is 1.40 bits per heavy atom. The molecule has 0 amide bonds. The van der Waals surface area contributed by atoms with Crippen molar-refractivity contribution in [2.45, 2.75) is 89.6 Å². The van der Waals surface area contributed by atoms with Crippen molar-refractivity contribution in [1.82, 2.24) is 18.9 Å². The van der Waals surface area contributed by atoms with Gasteiger partial charge in [-0.2, -0.15) is 0 Å². The normalized spacial score (nSPS) is 11.8. The second kappa shape index (κ2) is 14.6. The molecule has 0 aliphatic heterocycles. The molecule has 1 aromatic heterocycles. The van der Waals surface area contributed by atoms with Crippen LogP contribution in [-0.4, -0.2) is 43.6 Å². The largest absolute Gasteiger partial charge is 4.00 e. The molecule has 0 saturated heterocycles. The first-order valence-electron chi connectivity index (χ1n) is 9.45. The summed E-state index contributed by atoms with van der Waals surface area (Å²) < 4.78 is 4.62. The quantitative estimate of drug-likeness (QED) is 0.281. The fraction of sp³-hybridized carbons (Fsp3) is 0.684. The maximum Gasteiger partial charge on any atom is 4.00 e. The summed E-state index contributed by atoms with van der Waals surface area (Å²) in [6, 6.07) is 1.14. The topological polar surface area (TPSA) is 16.3 Å². The molecule has 0 aromatic carbocycles. The van der Waals surface area contributed by atoms with Crippen molar-refractivity contribution in [2.75, 3.05) is 7.05 Å². The molecule has 0 N–H and O–H groups in total. The summed E-state index contributed by atoms with van der Waals surface area (Å²) in [5, 5.41) is 2.68. The maximum atomic E-state index is 5.35. The Labute approximate surface area is 230 Å². The Bertz CT molecular complexity index is 733. The molecule has 11 heteroatoms. The van der Waals surface area contributed by atoms with Gasteiger partial charge in [0.05, 0.1) is 5.49 Å². The molecule has 0 aliphatic carbocycles. The molecule has 4 nitrogen and oxygen atoms in total. The Morgan fingerprint density at radius 2 is 1.20 bits per heavy atom. The molecule has 0 unspecified atom stereocenters. The molecule has 0 aliphatic rings. The molecule has 0 atom stereocenters. The number of hydrogen-bond acceptors (Lipinski definition) is 7. The summed E-state index contributed by atoms with van der Waals surface area (Å²) in [5.74, 6) is 0. The zero-order valence-corrected chi connectivity index (χ0v) is 26.1. The van der Waals surface area contributed by atoms with Crippen LogP contribution in [0.2, 0.25) is 0 Å². The zero-order valence-electron chi connectivity index (χ0n) is 18.9. The van der Waals surface area contributed by atoms with E-state index in [0.717, 1.165) is 4.77 Å². The van der Waals surface area contributed by atoms with Crippen molar-refractivity contribution >= 4 is 80.4 Å². The smallest absolute Gasteiger partial charge is 0.763 e. The number of hydrogen-bond donors (Lipinski definition) is 0. The van der Waals surface area contributed by atoms with Crippen molar-refractivity contribution in [3.63, 3.8) is 0 Å². The second-order valence-corrected chi connectivity index (χ2v) is 9.86. The van der Waals surface area contributed by atoms with Gasteiger partial charge in [0.25, 0.3) is 0 Å². The summed E-state index contributed by atoms with van der Waals surface area (Å²) in [5.41, 5.74) is 1.56. The van der Waals surface area contributed by atoms with E-state index in [1.165, 1.54) is 0 Å². The predicted octanol–water partition coefficient (Wildman–Crippen LogP) is 5.20. The fourth-order valence-corrected chi connectivity index (χ4v) is 4.96. The van der Waals surface area contributed by atoms with Gasteiger partial charge in [0, 0.05) is 31.2 Å². The van der Waals surface area contributed by atoms with Gasteiger partial charge in [0.1, 0.15) is 0 Å². The molecule has 1 rings (SSSR count). The average Bonchev–Trinajstić information content (AvgIpc) is 2.83. The fourth-order valence-electron chi connectivity index (χ4n) is 2.31. The van der Waals surface area contributed by atoms with Gasteiger partial charge < -0.3 is 69.4 Å². The van der Waals surface area contributed by atoms with E-state index in [0.29, 0.717) is 26.2 Å². The van der Waals surface area contributed by atoms with E-state index < -0.39 is 0 Å². The maximum absolute atomic E-state index is 5.35. The van der Waals surface area contributed by atoms with Crippen LogP contribution < -0.4 is 0 Å². The van der Waals surface area contributed by atoms with Crippen LogP contribution in [0.5, 0.6) is 0 Å². The third-order valence-electron chi connectivity index (χ3n) is 4.25. The Morgan fingerprint density at radius 1 is 0.833 bits per heavy atom. The molecule has 30 heavy (non-hydrogen) atoms. The van der Waals surface area contributed by atoms with Crippen LogP contribution in [0.3, 0.4) is 0 Å². The minimum Gasteiger partial charge on any atom is -0.763 e. The monoisotopic (exact) mass is 703 g/mol. The minimum absolute atomic E-state index is 0. The number of aromatic nitrogens is 2. The van der Waals surface area contributed by atoms with Crippen molar-refractivity contribution in [3.05, 3.63) is 14.8 Å². The molecule has 0 radical (unpaired) electrons. The number of thiocarbonyl (C=S) groups is 1. The Balaban J connectivity index is 0. The first-order valence-corrected chi connectivity index (χ1v) is 12.0. The van der Waals surface area contributed by atoms with Gasteiger partial charge in [-0.15, -0.1) is 20.1 Å². The molecule has 0 fully saturated rings. The van der Waals surface area contributed by atoms with Gasteiger partial charge in [-0.1, -0.05) is 12.2 Å². The summed E-state index contributed by atoms with van der Waals surface area (Å²) in [6.07, 6.45) is 0. The van der Waals surface area contributed by atoms with E-state index >= 15 is 0 Å². The van der Waals surface area contributed by atoms with Crippen LogP contribution in [0.4, 0.5) is 0 Å². The SMILES string of the molecule is CC(C)N(C)/C([S-])=C(/[S-])N(C=S)C(C)C.CC(C)n1c([S-])c([S-])n(C(C)C)c1=S.[Pt+4]. The van der Waals surface area contributed by atoms with E-state index in [1.807, 2.05) is 39.8 Å². The number of imidazole rings is 1. The van der Waals surface area contributed by atoms with Crippen molar-refractivity contribution < 1.29 is 21.1 Å². The van der Waals surface area contributed by atoms with Gasteiger partial charge in [-0.05, 0) is 67.6 Å². The van der Waals surface area contributed by atoms with E-state index in [1.54, 1.807) is 5.49 Å². The van der Waals surface area contributed by atoms with Crippen LogP contribution in [0.1, 0.15) is 67.5 Å². The average molecular weight is 704 g/mol. The van der Waals surface area contributed by atoms with Crippen LogP contribution in [0, 0.1) is 4.77 Å². The van der Waals surface area contributed by atoms with E-state index in [-0.39, 0.29) is 39.2 Å². The van der Waals surface area contributed by atoms with Crippen molar-refractivity contribution in [2.24, 2.45) is 0 Å². The van der Waals surface area contributed by atoms with E-state index in [2.05, 4.69) is 41.5 Å². The van der Waals surface area contributed by atoms with Gasteiger partial charge >= 0.3 is 21.1 Å². The van der Waals surface area contributed by atoms with Crippen molar-refractivity contribution in [1.29, 1.82) is 0 Å². The van der Waals surface area contributed by atoms with Crippen LogP contribution in [-0.2, 0) is 71.6 Å². The van der Waals surface area contributed by atoms with Gasteiger partial charge in [-0.3, -0.25) is 0 Å². The first kappa shape index (κ1) is 32.6. The van der Waals surface area contributed by atoms with E-state index in [9.17, 15) is 0 Å². The van der Waals surface area contributed by atoms with Gasteiger partial charge in [0.2, 0.25) is 0 Å². The second-order valence-electron chi connectivity index (χ2n) is 7.74. The van der Waals surface area contributed by atoms with Crippen molar-refractivity contribution in [3.8, 4) is 0 Å². The molecule has 0 bridgehead atoms. The number of nitrogens with zero attached hydrogens (tertiary/aromatic N) is 4. The van der Waals surface area contributed by atoms with E-state index in [4.69, 9.17) is 75.0 Å². The molecular formula is C19H32N4PtS6. The van der Waals surface area contributed by atoms with Crippen LogP contribution >= 0.6 is 24.4 Å². The molecule has 0 saturated carbocycles. The number of rotatable bonds is 7. The third kappa shape index (κ3) is 8.41. The Hall–Kier alpha value is 0.428. The molecule has 174 valence electrons. The third-order valence-corrected chi connectivity index (χ3v) is 6.79. The minimum atomic E-state index is 0. The first-order chi connectivity index (χ1) is 13.2. The summed E-state index contributed by atoms with van der Waals surface area (Å²) >= 11 is 31.4. The summed E-state index contributed by atoms with van der Waals surface area (Å²) in [4.78, 5) is 3.82. The summed E-state index contributed by atoms with van der Waals surface area (Å²) in [6.45, 7) is 16.5. The standard InChI is InChI=1S/C10H20N2S3.C9H16N2S3.Pt/c1-7(2)11(5)9(14)10(15)12(6-13)8(3)4;1-5(2)10-7(12)8(13)11(6(3)4)9(10)14;/h6-8,14-15H,1-5H3;5-6,12-13H,1-4H3;/q;;+4/p-4/b10-9-;;. The van der Waals surface area contributed by atoms with Gasteiger partial charge in [0.15, 0.2) is 4.77 Å². The molecule has 0 spiro atoms. The van der Waals surface area contributed by atoms with Crippen LogP contribution in [0.15, 0.2) is 20.1 Å². The van der Waals surface area contributed by atoms with Crippen LogP contribution in [0.25, 0.3) is 0 Å². The Kier molecular flexibility index (Phi) is 15.8. The predicted molar refractivity (Wildman–Crippen MR) is 141 cm³/mol. The molecule has 1 aromatic rings. The van der Waals surface area contributed by atoms with Gasteiger partial charge in [-0.25, -0.2) is 0 Å².